The number of hydrogen-bond acceptors (Lipinski definition) is 6. The van der Waals surface area contributed by atoms with Crippen molar-refractivity contribution in [2.75, 3.05) is 33.8 Å². The molecule has 184 valence electrons. The summed E-state index contributed by atoms with van der Waals surface area (Å²) in [5.41, 5.74) is 1.09. The van der Waals surface area contributed by atoms with Crippen molar-refractivity contribution in [2.24, 2.45) is 0 Å². The molecule has 10 heteroatoms. The van der Waals surface area contributed by atoms with Crippen molar-refractivity contribution in [1.29, 1.82) is 0 Å². The Labute approximate surface area is 199 Å². The number of aromatic nitrogens is 3. The number of pyridine rings is 1. The molecule has 5 rings (SSSR count). The van der Waals surface area contributed by atoms with Crippen molar-refractivity contribution in [3.8, 4) is 17.1 Å². The summed E-state index contributed by atoms with van der Waals surface area (Å²) in [6.45, 7) is 2.94. The lowest BCUT2D eigenvalue weighted by molar-refractivity contribution is -0.110. The summed E-state index contributed by atoms with van der Waals surface area (Å²) in [4.78, 5) is 30.9. The van der Waals surface area contributed by atoms with Crippen LogP contribution in [0.4, 0.5) is 4.39 Å². The number of likely N-dealkylation sites (N-methyl/N-ethyl adjacent to an activating group) is 1. The van der Waals surface area contributed by atoms with E-state index in [-0.39, 0.29) is 17.0 Å². The molecule has 2 saturated heterocycles. The first-order valence-electron chi connectivity index (χ1n) is 11.9. The number of amides is 2. The van der Waals surface area contributed by atoms with Gasteiger partial charge in [0.2, 0.25) is 12.3 Å². The highest BCUT2D eigenvalue weighted by atomic mass is 19.1. The number of carbonyl (C=O) groups is 2. The van der Waals surface area contributed by atoms with Crippen LogP contribution in [0.3, 0.4) is 0 Å². The summed E-state index contributed by atoms with van der Waals surface area (Å²) < 4.78 is 19.0. The molecule has 1 atom stereocenters. The number of aromatic amines is 1. The fourth-order valence-corrected chi connectivity index (χ4v) is 4.92. The van der Waals surface area contributed by atoms with Crippen LogP contribution < -0.4 is 10.1 Å². The quantitative estimate of drug-likeness (QED) is 0.649. The Morgan fingerprint density at radius 3 is 2.79 bits per heavy atom. The first-order valence-corrected chi connectivity index (χ1v) is 11.9. The Morgan fingerprint density at radius 2 is 2.09 bits per heavy atom. The zero-order valence-electron chi connectivity index (χ0n) is 19.8. The number of nitrogens with zero attached hydrogens (tertiary/aromatic N) is 4. The molecule has 0 radical (unpaired) electrons. The molecule has 2 amide bonds. The number of methoxy groups -OCH3 is 1. The summed E-state index contributed by atoms with van der Waals surface area (Å²) in [5, 5.41) is 9.67. The minimum atomic E-state index is -0.502. The summed E-state index contributed by atoms with van der Waals surface area (Å²) in [6, 6.07) is 3.46. The molecule has 3 aliphatic rings. The molecule has 2 N–H and O–H groups in total. The van der Waals surface area contributed by atoms with E-state index < -0.39 is 5.82 Å². The number of rotatable bonds is 5. The Balaban J connectivity index is 0.000000231. The normalized spacial score (nSPS) is 21.4. The summed E-state index contributed by atoms with van der Waals surface area (Å²) in [6.07, 6.45) is 9.66. The van der Waals surface area contributed by atoms with Gasteiger partial charge in [0.1, 0.15) is 5.69 Å². The van der Waals surface area contributed by atoms with Crippen molar-refractivity contribution in [2.45, 2.75) is 56.5 Å². The van der Waals surface area contributed by atoms with Crippen molar-refractivity contribution in [3.05, 3.63) is 29.8 Å². The van der Waals surface area contributed by atoms with Gasteiger partial charge in [-0.05, 0) is 64.6 Å². The SMILES string of the molecule is CN1CCCC(NC=O)C1.COc1cc(-c2cc(C(=O)N3CCCCC34CC4)[nH]n2)c(F)cn1. The van der Waals surface area contributed by atoms with Gasteiger partial charge in [0, 0.05) is 36.3 Å². The molecule has 0 bridgehead atoms. The molecule has 2 aliphatic heterocycles. The van der Waals surface area contributed by atoms with Gasteiger partial charge >= 0.3 is 0 Å². The second kappa shape index (κ2) is 10.5. The number of hydrogen-bond donors (Lipinski definition) is 2. The van der Waals surface area contributed by atoms with E-state index in [9.17, 15) is 14.0 Å². The number of halogens is 1. The van der Waals surface area contributed by atoms with Gasteiger partial charge in [-0.25, -0.2) is 9.37 Å². The number of carbonyl (C=O) groups excluding carboxylic acids is 2. The van der Waals surface area contributed by atoms with E-state index in [1.54, 1.807) is 6.07 Å². The van der Waals surface area contributed by atoms with Crippen molar-refractivity contribution in [1.82, 2.24) is 30.3 Å². The Hall–Kier alpha value is -3.01. The maximum atomic E-state index is 14.0. The average molecular weight is 473 g/mol. The van der Waals surface area contributed by atoms with E-state index >= 15 is 0 Å². The van der Waals surface area contributed by atoms with E-state index in [0.29, 0.717) is 23.3 Å². The molecule has 9 nitrogen and oxygen atoms in total. The predicted molar refractivity (Wildman–Crippen MR) is 125 cm³/mol. The number of H-pyrrole nitrogens is 1. The molecule has 3 fully saturated rings. The van der Waals surface area contributed by atoms with Gasteiger partial charge in [0.05, 0.1) is 19.0 Å². The van der Waals surface area contributed by atoms with Gasteiger partial charge < -0.3 is 19.9 Å². The highest BCUT2D eigenvalue weighted by Crippen LogP contribution is 2.48. The van der Waals surface area contributed by atoms with Crippen LogP contribution in [0, 0.1) is 5.82 Å². The maximum Gasteiger partial charge on any atom is 0.272 e. The zero-order chi connectivity index (χ0) is 24.1. The zero-order valence-corrected chi connectivity index (χ0v) is 19.8. The molecule has 2 aromatic rings. The van der Waals surface area contributed by atoms with Crippen LogP contribution in [-0.4, -0.2) is 82.7 Å². The minimum Gasteiger partial charge on any atom is -0.481 e. The largest absolute Gasteiger partial charge is 0.481 e. The van der Waals surface area contributed by atoms with E-state index in [0.717, 1.165) is 64.3 Å². The van der Waals surface area contributed by atoms with Gasteiger partial charge in [-0.1, -0.05) is 0 Å². The summed E-state index contributed by atoms with van der Waals surface area (Å²) in [5.74, 6) is -0.249. The van der Waals surface area contributed by atoms with Crippen LogP contribution in [0.15, 0.2) is 18.3 Å². The average Bonchev–Trinajstić information content (AvgIpc) is 3.42. The number of nitrogens with one attached hydrogen (secondary N) is 2. The third-order valence-corrected chi connectivity index (χ3v) is 6.97. The van der Waals surface area contributed by atoms with Gasteiger partial charge in [0.25, 0.3) is 5.91 Å². The Bertz CT molecular complexity index is 1010. The number of likely N-dealkylation sites (tertiary alicyclic amines) is 2. The topological polar surface area (TPSA) is 103 Å². The Morgan fingerprint density at radius 1 is 1.26 bits per heavy atom. The lowest BCUT2D eigenvalue weighted by Gasteiger charge is -2.35. The number of ether oxygens (including phenoxy) is 1. The van der Waals surface area contributed by atoms with E-state index in [4.69, 9.17) is 4.74 Å². The van der Waals surface area contributed by atoms with Crippen molar-refractivity contribution >= 4 is 12.3 Å². The van der Waals surface area contributed by atoms with Crippen molar-refractivity contribution < 1.29 is 18.7 Å². The molecular formula is C24H33FN6O3. The third kappa shape index (κ3) is 5.38. The molecule has 1 aliphatic carbocycles. The molecular weight excluding hydrogens is 439 g/mol. The highest BCUT2D eigenvalue weighted by Gasteiger charge is 2.51. The van der Waals surface area contributed by atoms with Gasteiger partial charge in [-0.15, -0.1) is 0 Å². The van der Waals surface area contributed by atoms with Crippen LogP contribution in [0.5, 0.6) is 5.88 Å². The lowest BCUT2D eigenvalue weighted by atomic mass is 9.99. The summed E-state index contributed by atoms with van der Waals surface area (Å²) >= 11 is 0. The van der Waals surface area contributed by atoms with Crippen LogP contribution in [0.2, 0.25) is 0 Å². The monoisotopic (exact) mass is 472 g/mol. The van der Waals surface area contributed by atoms with Crippen LogP contribution in [0.25, 0.3) is 11.3 Å². The highest BCUT2D eigenvalue weighted by molar-refractivity contribution is 5.94. The standard InChI is InChI=1S/C17H19FN4O2.C7H14N2O/c1-24-15-8-11(12(18)10-19-15)13-9-14(21-20-13)16(23)22-7-3-2-4-17(22)5-6-17;1-9-4-2-3-7(5-9)8-6-10/h8-10H,2-7H2,1H3,(H,20,21);6-7H,2-5H2,1H3,(H,8,10). The summed E-state index contributed by atoms with van der Waals surface area (Å²) in [7, 11) is 3.55. The predicted octanol–water partition coefficient (Wildman–Crippen LogP) is 2.60. The first-order chi connectivity index (χ1) is 16.5. The molecule has 1 unspecified atom stereocenters. The molecule has 2 aromatic heterocycles. The van der Waals surface area contributed by atoms with Gasteiger partial charge in [-0.3, -0.25) is 14.7 Å². The maximum absolute atomic E-state index is 14.0. The van der Waals surface area contributed by atoms with Crippen LogP contribution >= 0.6 is 0 Å². The van der Waals surface area contributed by atoms with E-state index in [2.05, 4.69) is 32.4 Å². The second-order valence-corrected chi connectivity index (χ2v) is 9.40. The molecule has 1 saturated carbocycles. The molecule has 1 spiro atoms. The lowest BCUT2D eigenvalue weighted by Crippen LogP contribution is -2.45. The van der Waals surface area contributed by atoms with Crippen LogP contribution in [-0.2, 0) is 4.79 Å². The Kier molecular flexibility index (Phi) is 7.45. The van der Waals surface area contributed by atoms with E-state index in [1.165, 1.54) is 26.0 Å². The molecule has 0 aromatic carbocycles. The molecule has 4 heterocycles. The molecule has 34 heavy (non-hydrogen) atoms. The van der Waals surface area contributed by atoms with Gasteiger partial charge in [-0.2, -0.15) is 5.10 Å². The van der Waals surface area contributed by atoms with E-state index in [1.807, 2.05) is 4.90 Å². The fourth-order valence-electron chi connectivity index (χ4n) is 4.92. The van der Waals surface area contributed by atoms with Gasteiger partial charge in [0.15, 0.2) is 5.82 Å². The minimum absolute atomic E-state index is 0.0487. The fraction of sp³-hybridized carbons (Fsp3) is 0.583. The van der Waals surface area contributed by atoms with Crippen LogP contribution in [0.1, 0.15) is 55.4 Å². The second-order valence-electron chi connectivity index (χ2n) is 9.40. The smallest absolute Gasteiger partial charge is 0.272 e. The first kappa shape index (κ1) is 24.1. The van der Waals surface area contributed by atoms with Crippen molar-refractivity contribution in [3.63, 3.8) is 0 Å². The third-order valence-electron chi connectivity index (χ3n) is 6.97. The number of piperidine rings is 2.